The van der Waals surface area contributed by atoms with Gasteiger partial charge in [-0.3, -0.25) is 4.79 Å². The molecular weight excluding hydrogens is 268 g/mol. The van der Waals surface area contributed by atoms with E-state index >= 15 is 0 Å². The highest BCUT2D eigenvalue weighted by atomic mass is 35.5. The number of carbonyl (C=O) groups excluding carboxylic acids is 1. The summed E-state index contributed by atoms with van der Waals surface area (Å²) in [6.45, 7) is 0. The van der Waals surface area contributed by atoms with Crippen LogP contribution in [0.4, 0.5) is 0 Å². The van der Waals surface area contributed by atoms with Crippen LogP contribution in [0.15, 0.2) is 48.5 Å². The van der Waals surface area contributed by atoms with Crippen molar-refractivity contribution in [3.05, 3.63) is 70.2 Å². The average molecular weight is 285 g/mol. The quantitative estimate of drug-likeness (QED) is 0.722. The Morgan fingerprint density at radius 2 is 1.85 bits per heavy atom. The van der Waals surface area contributed by atoms with Crippen LogP contribution in [0.2, 0.25) is 5.02 Å². The molecule has 0 saturated carbocycles. The Balaban J connectivity index is 1.79. The molecule has 20 heavy (non-hydrogen) atoms. The topological polar surface area (TPSA) is 17.1 Å². The predicted molar refractivity (Wildman–Crippen MR) is 82.5 cm³/mol. The van der Waals surface area contributed by atoms with Gasteiger partial charge in [-0.05, 0) is 60.6 Å². The Bertz CT molecular complexity index is 616. The van der Waals surface area contributed by atoms with Crippen molar-refractivity contribution in [2.24, 2.45) is 0 Å². The SMILES string of the molecule is O=C(CC1CCCc2ccccc21)c1ccc(Cl)cc1. The number of fused-ring (bicyclic) bond motifs is 1. The van der Waals surface area contributed by atoms with Crippen LogP contribution in [0, 0.1) is 0 Å². The van der Waals surface area contributed by atoms with Gasteiger partial charge >= 0.3 is 0 Å². The number of halogens is 1. The first-order valence-corrected chi connectivity index (χ1v) is 7.48. The maximum absolute atomic E-state index is 12.4. The molecule has 0 aliphatic heterocycles. The fourth-order valence-corrected chi connectivity index (χ4v) is 3.17. The summed E-state index contributed by atoms with van der Waals surface area (Å²) in [4.78, 5) is 12.4. The van der Waals surface area contributed by atoms with Crippen LogP contribution in [0.5, 0.6) is 0 Å². The van der Waals surface area contributed by atoms with Gasteiger partial charge in [0, 0.05) is 17.0 Å². The highest BCUT2D eigenvalue weighted by Gasteiger charge is 2.22. The molecule has 102 valence electrons. The zero-order chi connectivity index (χ0) is 13.9. The third kappa shape index (κ3) is 2.78. The van der Waals surface area contributed by atoms with E-state index in [1.54, 1.807) is 12.1 Å². The molecule has 0 aromatic heterocycles. The molecule has 0 N–H and O–H groups in total. The molecule has 0 bridgehead atoms. The molecule has 1 aliphatic carbocycles. The zero-order valence-electron chi connectivity index (χ0n) is 11.3. The van der Waals surface area contributed by atoms with Crippen molar-refractivity contribution in [1.82, 2.24) is 0 Å². The van der Waals surface area contributed by atoms with Crippen molar-refractivity contribution >= 4 is 17.4 Å². The minimum atomic E-state index is 0.211. The van der Waals surface area contributed by atoms with E-state index in [-0.39, 0.29) is 5.78 Å². The minimum Gasteiger partial charge on any atom is -0.294 e. The molecule has 1 aliphatic rings. The van der Waals surface area contributed by atoms with Crippen molar-refractivity contribution in [3.8, 4) is 0 Å². The second-order valence-corrected chi connectivity index (χ2v) is 5.86. The fraction of sp³-hybridized carbons (Fsp3) is 0.278. The number of rotatable bonds is 3. The average Bonchev–Trinajstić information content (AvgIpc) is 2.48. The van der Waals surface area contributed by atoms with Crippen LogP contribution in [0.3, 0.4) is 0 Å². The fourth-order valence-electron chi connectivity index (χ4n) is 3.04. The summed E-state index contributed by atoms with van der Waals surface area (Å²) in [7, 11) is 0. The standard InChI is InChI=1S/C18H17ClO/c19-16-10-8-14(9-11-16)18(20)12-15-6-3-5-13-4-1-2-7-17(13)15/h1-2,4,7-11,15H,3,5-6,12H2. The van der Waals surface area contributed by atoms with E-state index in [2.05, 4.69) is 24.3 Å². The normalized spacial score (nSPS) is 17.6. The van der Waals surface area contributed by atoms with E-state index in [0.29, 0.717) is 17.4 Å². The van der Waals surface area contributed by atoms with Gasteiger partial charge in [0.1, 0.15) is 0 Å². The molecule has 2 aromatic rings. The number of hydrogen-bond acceptors (Lipinski definition) is 1. The summed E-state index contributed by atoms with van der Waals surface area (Å²) in [5.74, 6) is 0.575. The highest BCUT2D eigenvalue weighted by molar-refractivity contribution is 6.30. The number of hydrogen-bond donors (Lipinski definition) is 0. The van der Waals surface area contributed by atoms with Crippen molar-refractivity contribution in [2.45, 2.75) is 31.6 Å². The third-order valence-electron chi connectivity index (χ3n) is 4.09. The number of benzene rings is 2. The van der Waals surface area contributed by atoms with E-state index < -0.39 is 0 Å². The molecule has 1 unspecified atom stereocenters. The summed E-state index contributed by atoms with van der Waals surface area (Å²) >= 11 is 5.86. The predicted octanol–water partition coefficient (Wildman–Crippen LogP) is 5.03. The van der Waals surface area contributed by atoms with Gasteiger partial charge in [0.15, 0.2) is 5.78 Å². The van der Waals surface area contributed by atoms with Gasteiger partial charge in [-0.1, -0.05) is 35.9 Å². The molecule has 0 fully saturated rings. The molecule has 0 saturated heterocycles. The van der Waals surface area contributed by atoms with Crippen LogP contribution in [-0.2, 0) is 6.42 Å². The number of Topliss-reactive ketones (excluding diaryl/α,β-unsaturated/α-hetero) is 1. The second kappa shape index (κ2) is 5.80. The van der Waals surface area contributed by atoms with Crippen molar-refractivity contribution in [1.29, 1.82) is 0 Å². The molecule has 3 rings (SSSR count). The Hall–Kier alpha value is -1.60. The maximum atomic E-state index is 12.4. The second-order valence-electron chi connectivity index (χ2n) is 5.42. The lowest BCUT2D eigenvalue weighted by Crippen LogP contribution is -2.14. The lowest BCUT2D eigenvalue weighted by molar-refractivity contribution is 0.0971. The van der Waals surface area contributed by atoms with Crippen LogP contribution < -0.4 is 0 Å². The van der Waals surface area contributed by atoms with Gasteiger partial charge in [0.2, 0.25) is 0 Å². The summed E-state index contributed by atoms with van der Waals surface area (Å²) in [5.41, 5.74) is 3.53. The Labute approximate surface area is 124 Å². The van der Waals surface area contributed by atoms with Gasteiger partial charge in [-0.25, -0.2) is 0 Å². The van der Waals surface area contributed by atoms with Gasteiger partial charge in [-0.2, -0.15) is 0 Å². The lowest BCUT2D eigenvalue weighted by Gasteiger charge is -2.24. The van der Waals surface area contributed by atoms with Crippen LogP contribution >= 0.6 is 11.6 Å². The molecule has 0 heterocycles. The summed E-state index contributed by atoms with van der Waals surface area (Å²) < 4.78 is 0. The number of carbonyl (C=O) groups is 1. The monoisotopic (exact) mass is 284 g/mol. The van der Waals surface area contributed by atoms with Crippen molar-refractivity contribution < 1.29 is 4.79 Å². The summed E-state index contributed by atoms with van der Waals surface area (Å²) in [5, 5.41) is 0.671. The Kier molecular flexibility index (Phi) is 3.88. The molecule has 1 atom stereocenters. The highest BCUT2D eigenvalue weighted by Crippen LogP contribution is 2.34. The molecule has 0 radical (unpaired) electrons. The number of ketones is 1. The first kappa shape index (κ1) is 13.4. The van der Waals surface area contributed by atoms with Crippen LogP contribution in [0.25, 0.3) is 0 Å². The largest absolute Gasteiger partial charge is 0.294 e. The summed E-state index contributed by atoms with van der Waals surface area (Å²) in [6.07, 6.45) is 4.02. The Morgan fingerprint density at radius 1 is 1.10 bits per heavy atom. The van der Waals surface area contributed by atoms with Gasteiger partial charge in [0.05, 0.1) is 0 Å². The number of aryl methyl sites for hydroxylation is 1. The first-order chi connectivity index (χ1) is 9.74. The molecule has 2 heteroatoms. The molecule has 0 amide bonds. The van der Waals surface area contributed by atoms with Crippen LogP contribution in [0.1, 0.15) is 46.7 Å². The van der Waals surface area contributed by atoms with E-state index in [1.165, 1.54) is 17.5 Å². The minimum absolute atomic E-state index is 0.211. The van der Waals surface area contributed by atoms with E-state index in [0.717, 1.165) is 18.4 Å². The van der Waals surface area contributed by atoms with Gasteiger partial charge in [0.25, 0.3) is 0 Å². The Morgan fingerprint density at radius 3 is 2.65 bits per heavy atom. The molecule has 1 nitrogen and oxygen atoms in total. The smallest absolute Gasteiger partial charge is 0.163 e. The van der Waals surface area contributed by atoms with E-state index in [1.807, 2.05) is 12.1 Å². The molecule has 0 spiro atoms. The molecular formula is C18H17ClO. The van der Waals surface area contributed by atoms with E-state index in [4.69, 9.17) is 11.6 Å². The first-order valence-electron chi connectivity index (χ1n) is 7.10. The lowest BCUT2D eigenvalue weighted by atomic mass is 9.79. The van der Waals surface area contributed by atoms with Gasteiger partial charge < -0.3 is 0 Å². The third-order valence-corrected chi connectivity index (χ3v) is 4.34. The van der Waals surface area contributed by atoms with Crippen molar-refractivity contribution in [3.63, 3.8) is 0 Å². The zero-order valence-corrected chi connectivity index (χ0v) is 12.1. The van der Waals surface area contributed by atoms with Crippen molar-refractivity contribution in [2.75, 3.05) is 0 Å². The van der Waals surface area contributed by atoms with E-state index in [9.17, 15) is 4.79 Å². The maximum Gasteiger partial charge on any atom is 0.163 e. The summed E-state index contributed by atoms with van der Waals surface area (Å²) in [6, 6.07) is 15.7. The van der Waals surface area contributed by atoms with Gasteiger partial charge in [-0.15, -0.1) is 0 Å². The molecule has 2 aromatic carbocycles. The van der Waals surface area contributed by atoms with Crippen LogP contribution in [-0.4, -0.2) is 5.78 Å².